The fourth-order valence-corrected chi connectivity index (χ4v) is 8.18. The number of hydrogen-bond acceptors (Lipinski definition) is 6. The van der Waals surface area contributed by atoms with Gasteiger partial charge < -0.3 is 24.1 Å². The Bertz CT molecular complexity index is 1030. The quantitative estimate of drug-likeness (QED) is 0.189. The molecule has 0 aromatic heterocycles. The van der Waals surface area contributed by atoms with Crippen LogP contribution in [0.5, 0.6) is 0 Å². The van der Waals surface area contributed by atoms with E-state index in [1.165, 1.54) is 13.1 Å². The normalized spacial score (nSPS) is 19.9. The Hall–Kier alpha value is -2.91. The summed E-state index contributed by atoms with van der Waals surface area (Å²) in [4.78, 5) is 39.6. The Kier molecular flexibility index (Phi) is 9.13. The van der Waals surface area contributed by atoms with E-state index in [-0.39, 0.29) is 42.9 Å². The summed E-state index contributed by atoms with van der Waals surface area (Å²) in [5, 5.41) is 2.42. The van der Waals surface area contributed by atoms with Gasteiger partial charge in [-0.05, 0) is 54.2 Å². The molecule has 3 atom stereocenters. The van der Waals surface area contributed by atoms with Gasteiger partial charge in [-0.2, -0.15) is 0 Å². The number of hydrogen-bond donors (Lipinski definition) is 1. The third-order valence-corrected chi connectivity index (χ3v) is 12.2. The second kappa shape index (κ2) is 11.9. The van der Waals surface area contributed by atoms with Crippen LogP contribution in [0.4, 0.5) is 4.79 Å². The number of amides is 2. The van der Waals surface area contributed by atoms with E-state index in [0.717, 1.165) is 34.8 Å². The number of nitrogens with zero attached hydrogens (tertiary/aromatic N) is 1. The minimum Gasteiger partial charge on any atom is -0.457 e. The minimum atomic E-state index is -1.90. The topological polar surface area (TPSA) is 94.2 Å². The lowest BCUT2D eigenvalue weighted by Crippen LogP contribution is -2.63. The molecule has 8 nitrogen and oxygen atoms in total. The number of fused-ring (bicyclic) bond motifs is 1. The molecule has 196 valence electrons. The molecule has 0 radical (unpaired) electrons. The van der Waals surface area contributed by atoms with Gasteiger partial charge in [0.25, 0.3) is 0 Å². The largest absolute Gasteiger partial charge is 0.457 e. The highest BCUT2D eigenvalue weighted by atomic mass is 28.4. The number of β-lactam (4-membered cyclic amide) rings is 1. The molecule has 2 aliphatic rings. The molecule has 1 N–H and O–H groups in total. The van der Waals surface area contributed by atoms with Crippen molar-refractivity contribution in [2.75, 3.05) is 13.7 Å². The molecule has 1 fully saturated rings. The van der Waals surface area contributed by atoms with Crippen LogP contribution in [-0.2, 0) is 30.1 Å². The molecular weight excluding hydrogens is 476 g/mol. The fourth-order valence-electron chi connectivity index (χ4n) is 5.24. The highest BCUT2D eigenvalue weighted by molar-refractivity contribution is 6.73. The monoisotopic (exact) mass is 514 g/mol. The van der Waals surface area contributed by atoms with Crippen molar-refractivity contribution in [2.45, 2.75) is 71.0 Å². The van der Waals surface area contributed by atoms with Crippen molar-refractivity contribution < 1.29 is 28.3 Å². The van der Waals surface area contributed by atoms with Gasteiger partial charge in [0.2, 0.25) is 5.91 Å². The predicted octanol–water partition coefficient (Wildman–Crippen LogP) is 4.62. The van der Waals surface area contributed by atoms with E-state index < -0.39 is 20.4 Å². The average Bonchev–Trinajstić information content (AvgIpc) is 3.24. The Morgan fingerprint density at radius 1 is 1.22 bits per heavy atom. The molecule has 0 unspecified atom stereocenters. The minimum absolute atomic E-state index is 0.0584. The van der Waals surface area contributed by atoms with Gasteiger partial charge in [-0.25, -0.2) is 9.59 Å². The van der Waals surface area contributed by atoms with Gasteiger partial charge in [-0.1, -0.05) is 51.6 Å². The zero-order valence-electron chi connectivity index (χ0n) is 22.0. The van der Waals surface area contributed by atoms with Crippen molar-refractivity contribution >= 4 is 31.9 Å². The lowest BCUT2D eigenvalue weighted by Gasteiger charge is -2.48. The van der Waals surface area contributed by atoms with Crippen molar-refractivity contribution in [1.29, 1.82) is 0 Å². The van der Waals surface area contributed by atoms with E-state index in [9.17, 15) is 14.4 Å². The van der Waals surface area contributed by atoms with Crippen LogP contribution in [0.3, 0.4) is 0 Å². The third-order valence-electron chi connectivity index (χ3n) is 7.46. The Morgan fingerprint density at radius 2 is 1.92 bits per heavy atom. The van der Waals surface area contributed by atoms with Gasteiger partial charge in [0.1, 0.15) is 18.9 Å². The van der Waals surface area contributed by atoms with E-state index in [2.05, 4.69) is 32.7 Å². The molecule has 2 amide bonds. The van der Waals surface area contributed by atoms with Gasteiger partial charge in [0.05, 0.1) is 18.1 Å². The first-order valence-corrected chi connectivity index (χ1v) is 15.2. The number of benzene rings is 1. The lowest BCUT2D eigenvalue weighted by molar-refractivity contribution is -0.161. The number of nitrogens with one attached hydrogen (secondary N) is 1. The maximum absolute atomic E-state index is 13.4. The zero-order valence-corrected chi connectivity index (χ0v) is 23.0. The summed E-state index contributed by atoms with van der Waals surface area (Å²) in [5.41, 5.74) is 2.61. The summed E-state index contributed by atoms with van der Waals surface area (Å²) in [5.74, 6) is -0.946. The molecule has 9 heteroatoms. The van der Waals surface area contributed by atoms with E-state index in [0.29, 0.717) is 6.42 Å². The number of rotatable bonds is 12. The molecule has 2 aliphatic heterocycles. The van der Waals surface area contributed by atoms with Gasteiger partial charge >= 0.3 is 12.1 Å². The van der Waals surface area contributed by atoms with E-state index in [1.54, 1.807) is 4.90 Å². The number of carbonyl (C=O) groups is 3. The van der Waals surface area contributed by atoms with Gasteiger partial charge in [0.15, 0.2) is 8.32 Å². The van der Waals surface area contributed by atoms with E-state index in [4.69, 9.17) is 13.9 Å². The first-order valence-electron chi connectivity index (χ1n) is 12.7. The lowest BCUT2D eigenvalue weighted by atomic mass is 9.82. The first-order chi connectivity index (χ1) is 17.2. The van der Waals surface area contributed by atoms with Crippen LogP contribution in [0, 0.1) is 5.92 Å². The summed E-state index contributed by atoms with van der Waals surface area (Å²) in [6.07, 6.45) is 1.29. The predicted molar refractivity (Wildman–Crippen MR) is 140 cm³/mol. The Labute approximate surface area is 214 Å². The summed E-state index contributed by atoms with van der Waals surface area (Å²) in [6, 6.07) is 10.3. The molecule has 1 aromatic carbocycles. The average molecular weight is 515 g/mol. The molecule has 3 rings (SSSR count). The fraction of sp³-hybridized carbons (Fsp3) is 0.519. The maximum Gasteiger partial charge on any atom is 0.407 e. The van der Waals surface area contributed by atoms with Crippen molar-refractivity contribution in [2.24, 2.45) is 5.92 Å². The van der Waals surface area contributed by atoms with E-state index in [1.807, 2.05) is 31.2 Å². The van der Waals surface area contributed by atoms with Crippen LogP contribution >= 0.6 is 0 Å². The maximum atomic E-state index is 13.4. The zero-order chi connectivity index (χ0) is 26.5. The van der Waals surface area contributed by atoms with Crippen LogP contribution in [0.2, 0.25) is 18.1 Å². The van der Waals surface area contributed by atoms with Crippen LogP contribution < -0.4 is 5.32 Å². The SMILES string of the molecule is C=CCOC(=O)C1=C(c2cccc(COC(=O)NC)c2)C[C@@H]2[C@@H]([C@@H](C)O[Si](CC)(CC)CC)C(=O)N12. The number of alkyl carbamates (subject to hydrolysis) is 1. The highest BCUT2D eigenvalue weighted by Crippen LogP contribution is 2.48. The van der Waals surface area contributed by atoms with Crippen LogP contribution in [0.1, 0.15) is 45.2 Å². The summed E-state index contributed by atoms with van der Waals surface area (Å²) >= 11 is 0. The van der Waals surface area contributed by atoms with Crippen molar-refractivity contribution in [3.8, 4) is 0 Å². The van der Waals surface area contributed by atoms with Crippen LogP contribution in [0.15, 0.2) is 42.6 Å². The van der Waals surface area contributed by atoms with Gasteiger partial charge in [0, 0.05) is 7.05 Å². The van der Waals surface area contributed by atoms with Gasteiger partial charge in [-0.15, -0.1) is 0 Å². The summed E-state index contributed by atoms with van der Waals surface area (Å²) in [6.45, 7) is 12.3. The molecular formula is C27H38N2O6Si. The molecule has 1 aromatic rings. The van der Waals surface area contributed by atoms with Crippen molar-refractivity contribution in [3.05, 3.63) is 53.7 Å². The van der Waals surface area contributed by atoms with E-state index >= 15 is 0 Å². The molecule has 1 saturated heterocycles. The summed E-state index contributed by atoms with van der Waals surface area (Å²) < 4.78 is 17.2. The van der Waals surface area contributed by atoms with Crippen molar-refractivity contribution in [3.63, 3.8) is 0 Å². The molecule has 0 spiro atoms. The second-order valence-corrected chi connectivity index (χ2v) is 14.0. The number of carbonyl (C=O) groups excluding carboxylic acids is 3. The second-order valence-electron chi connectivity index (χ2n) is 9.31. The smallest absolute Gasteiger partial charge is 0.407 e. The molecule has 0 aliphatic carbocycles. The van der Waals surface area contributed by atoms with Gasteiger partial charge in [-0.3, -0.25) is 4.79 Å². The Morgan fingerprint density at radius 3 is 2.53 bits per heavy atom. The first kappa shape index (κ1) is 27.7. The molecule has 0 bridgehead atoms. The highest BCUT2D eigenvalue weighted by Gasteiger charge is 2.58. The third kappa shape index (κ3) is 5.42. The number of esters is 1. The standard InChI is InChI=1S/C27H38N2O6Si/c1-7-14-33-26(31)24-21(20-13-11-12-19(15-20)17-34-27(32)28-6)16-22-23(25(30)29(22)24)18(5)35-36(8-2,9-3)10-4/h7,11-13,15,18,22-23H,1,8-10,14,16-17H2,2-6H3,(H,28,32)/t18-,22-,23-/m1/s1. The van der Waals surface area contributed by atoms with Crippen molar-refractivity contribution in [1.82, 2.24) is 10.2 Å². The van der Waals surface area contributed by atoms with Crippen LogP contribution in [0.25, 0.3) is 5.57 Å². The Balaban J connectivity index is 1.90. The summed E-state index contributed by atoms with van der Waals surface area (Å²) in [7, 11) is -0.400. The van der Waals surface area contributed by atoms with Crippen LogP contribution in [-0.4, -0.2) is 57.0 Å². The molecule has 0 saturated carbocycles. The molecule has 36 heavy (non-hydrogen) atoms. The number of ether oxygens (including phenoxy) is 2. The molecule has 2 heterocycles.